The quantitative estimate of drug-likeness (QED) is 0.668. The van der Waals surface area contributed by atoms with Gasteiger partial charge in [-0.3, -0.25) is 4.79 Å². The third-order valence-corrected chi connectivity index (χ3v) is 6.21. The van der Waals surface area contributed by atoms with Crippen LogP contribution in [0.2, 0.25) is 0 Å². The van der Waals surface area contributed by atoms with Gasteiger partial charge in [-0.1, -0.05) is 0 Å². The second kappa shape index (κ2) is 8.52. The minimum Gasteiger partial charge on any atom is -0.391 e. The fourth-order valence-corrected chi connectivity index (χ4v) is 4.32. The van der Waals surface area contributed by atoms with Crippen LogP contribution >= 0.6 is 0 Å². The summed E-state index contributed by atoms with van der Waals surface area (Å²) in [5.41, 5.74) is 6.40. The molecule has 0 radical (unpaired) electrons. The summed E-state index contributed by atoms with van der Waals surface area (Å²) in [7, 11) is 0. The number of aliphatic hydroxyl groups is 1. The Morgan fingerprint density at radius 1 is 1.10 bits per heavy atom. The van der Waals surface area contributed by atoms with E-state index in [1.54, 1.807) is 0 Å². The summed E-state index contributed by atoms with van der Waals surface area (Å²) in [5.74, 6) is 0. The van der Waals surface area contributed by atoms with Gasteiger partial charge in [0.05, 0.1) is 11.6 Å². The topological polar surface area (TPSA) is 57.5 Å². The van der Waals surface area contributed by atoms with E-state index in [0.29, 0.717) is 19.6 Å². The number of nitrogens with one attached hydrogen (secondary N) is 1. The number of benzene rings is 2. The standard InChI is InChI=1S/C25H31N3O2/c1-4-28-24-13-18(3)17(2)12-19(24)14-20(25(28)30)15-26-21-7-9-22(10-8-21)27-11-5-6-23(29)16-27/h7-10,12-14,23,26,29H,4-6,11,15-16H2,1-3H3. The lowest BCUT2D eigenvalue weighted by atomic mass is 10.0. The highest BCUT2D eigenvalue weighted by molar-refractivity contribution is 5.81. The summed E-state index contributed by atoms with van der Waals surface area (Å²) < 4.78 is 1.86. The molecule has 0 amide bonds. The molecule has 30 heavy (non-hydrogen) atoms. The lowest BCUT2D eigenvalue weighted by Gasteiger charge is -2.32. The highest BCUT2D eigenvalue weighted by Gasteiger charge is 2.17. The van der Waals surface area contributed by atoms with Crippen LogP contribution in [0.25, 0.3) is 10.9 Å². The monoisotopic (exact) mass is 405 g/mol. The molecule has 2 heterocycles. The van der Waals surface area contributed by atoms with Crippen LogP contribution in [0.1, 0.15) is 36.5 Å². The predicted molar refractivity (Wildman–Crippen MR) is 125 cm³/mol. The van der Waals surface area contributed by atoms with Gasteiger partial charge in [-0.15, -0.1) is 0 Å². The Balaban J connectivity index is 1.54. The van der Waals surface area contributed by atoms with Gasteiger partial charge in [0.2, 0.25) is 0 Å². The molecular weight excluding hydrogens is 374 g/mol. The zero-order valence-corrected chi connectivity index (χ0v) is 18.1. The Bertz CT molecular complexity index is 1100. The number of hydrogen-bond acceptors (Lipinski definition) is 4. The maximum atomic E-state index is 13.0. The lowest BCUT2D eigenvalue weighted by molar-refractivity contribution is 0.154. The van der Waals surface area contributed by atoms with Crippen molar-refractivity contribution < 1.29 is 5.11 Å². The molecule has 4 rings (SSSR count). The average Bonchev–Trinajstić information content (AvgIpc) is 2.74. The van der Waals surface area contributed by atoms with E-state index in [1.165, 1.54) is 11.1 Å². The third-order valence-electron chi connectivity index (χ3n) is 6.21. The molecule has 2 aromatic carbocycles. The number of aryl methyl sites for hydroxylation is 3. The van der Waals surface area contributed by atoms with Crippen LogP contribution in [0.4, 0.5) is 11.4 Å². The number of aliphatic hydroxyl groups excluding tert-OH is 1. The number of aromatic nitrogens is 1. The van der Waals surface area contributed by atoms with Crippen LogP contribution in [-0.2, 0) is 13.1 Å². The fraction of sp³-hybridized carbons (Fsp3) is 0.400. The van der Waals surface area contributed by atoms with Crippen molar-refractivity contribution in [3.63, 3.8) is 0 Å². The van der Waals surface area contributed by atoms with Crippen molar-refractivity contribution in [1.82, 2.24) is 4.57 Å². The third kappa shape index (κ3) is 4.08. The molecule has 0 aliphatic carbocycles. The molecule has 5 heteroatoms. The van der Waals surface area contributed by atoms with Gasteiger partial charge in [0, 0.05) is 43.1 Å². The molecule has 0 bridgehead atoms. The molecule has 1 aliphatic heterocycles. The first kappa shape index (κ1) is 20.5. The Labute approximate surface area is 178 Å². The molecule has 1 aromatic heterocycles. The maximum absolute atomic E-state index is 13.0. The number of pyridine rings is 1. The highest BCUT2D eigenvalue weighted by atomic mass is 16.3. The molecule has 158 valence electrons. The molecule has 1 aliphatic rings. The second-order valence-electron chi connectivity index (χ2n) is 8.36. The number of anilines is 2. The minimum atomic E-state index is -0.238. The zero-order valence-electron chi connectivity index (χ0n) is 18.1. The molecule has 2 N–H and O–H groups in total. The Kier molecular flexibility index (Phi) is 5.82. The molecule has 1 atom stereocenters. The van der Waals surface area contributed by atoms with Crippen molar-refractivity contribution in [2.45, 2.75) is 52.8 Å². The first-order valence-corrected chi connectivity index (χ1v) is 10.9. The molecule has 1 fully saturated rings. The smallest absolute Gasteiger partial charge is 0.256 e. The van der Waals surface area contributed by atoms with E-state index in [0.717, 1.165) is 47.2 Å². The first-order chi connectivity index (χ1) is 14.5. The number of nitrogens with zero attached hydrogens (tertiary/aromatic N) is 2. The number of rotatable bonds is 5. The molecule has 5 nitrogen and oxygen atoms in total. The summed E-state index contributed by atoms with van der Waals surface area (Å²) >= 11 is 0. The van der Waals surface area contributed by atoms with Crippen molar-refractivity contribution in [2.75, 3.05) is 23.3 Å². The van der Waals surface area contributed by atoms with E-state index in [2.05, 4.69) is 48.3 Å². The normalized spacial score (nSPS) is 16.8. The van der Waals surface area contributed by atoms with Crippen molar-refractivity contribution >= 4 is 22.3 Å². The number of fused-ring (bicyclic) bond motifs is 1. The minimum absolute atomic E-state index is 0.0691. The van der Waals surface area contributed by atoms with E-state index >= 15 is 0 Å². The van der Waals surface area contributed by atoms with Gasteiger partial charge in [0.15, 0.2) is 0 Å². The maximum Gasteiger partial charge on any atom is 0.256 e. The van der Waals surface area contributed by atoms with Crippen molar-refractivity contribution in [3.8, 4) is 0 Å². The molecule has 0 saturated carbocycles. The van der Waals surface area contributed by atoms with Gasteiger partial charge in [-0.25, -0.2) is 0 Å². The van der Waals surface area contributed by atoms with Gasteiger partial charge in [-0.05, 0) is 92.6 Å². The van der Waals surface area contributed by atoms with E-state index < -0.39 is 0 Å². The summed E-state index contributed by atoms with van der Waals surface area (Å²) in [6.45, 7) is 9.03. The summed E-state index contributed by atoms with van der Waals surface area (Å²) in [6, 6.07) is 14.6. The van der Waals surface area contributed by atoms with Crippen LogP contribution in [-0.4, -0.2) is 28.9 Å². The van der Waals surface area contributed by atoms with Gasteiger partial charge >= 0.3 is 0 Å². The molecular formula is C25H31N3O2. The number of piperidine rings is 1. The predicted octanol–water partition coefficient (Wildman–Crippen LogP) is 4.21. The van der Waals surface area contributed by atoms with Crippen LogP contribution < -0.4 is 15.8 Å². The number of β-amino-alcohol motifs (C(OH)–C–C–N with tert-alkyl or cyclic N) is 1. The van der Waals surface area contributed by atoms with Crippen molar-refractivity contribution in [3.05, 3.63) is 69.5 Å². The fourth-order valence-electron chi connectivity index (χ4n) is 4.32. The van der Waals surface area contributed by atoms with E-state index in [-0.39, 0.29) is 11.7 Å². The summed E-state index contributed by atoms with van der Waals surface area (Å²) in [5, 5.41) is 14.4. The van der Waals surface area contributed by atoms with Crippen molar-refractivity contribution in [1.29, 1.82) is 0 Å². The lowest BCUT2D eigenvalue weighted by Crippen LogP contribution is -2.38. The first-order valence-electron chi connectivity index (χ1n) is 10.9. The van der Waals surface area contributed by atoms with Gasteiger partial charge in [0.25, 0.3) is 5.56 Å². The van der Waals surface area contributed by atoms with E-state index in [4.69, 9.17) is 0 Å². The molecule has 0 spiro atoms. The van der Waals surface area contributed by atoms with Crippen LogP contribution in [0, 0.1) is 13.8 Å². The van der Waals surface area contributed by atoms with E-state index in [9.17, 15) is 9.90 Å². The van der Waals surface area contributed by atoms with Crippen LogP contribution in [0.5, 0.6) is 0 Å². The number of hydrogen-bond donors (Lipinski definition) is 2. The van der Waals surface area contributed by atoms with Gasteiger partial charge in [-0.2, -0.15) is 0 Å². The van der Waals surface area contributed by atoms with Crippen LogP contribution in [0.3, 0.4) is 0 Å². The van der Waals surface area contributed by atoms with Gasteiger partial charge in [0.1, 0.15) is 0 Å². The zero-order chi connectivity index (χ0) is 21.3. The molecule has 1 unspecified atom stereocenters. The highest BCUT2D eigenvalue weighted by Crippen LogP contribution is 2.23. The average molecular weight is 406 g/mol. The Hall–Kier alpha value is -2.79. The summed E-state index contributed by atoms with van der Waals surface area (Å²) in [6.07, 6.45) is 1.67. The summed E-state index contributed by atoms with van der Waals surface area (Å²) in [4.78, 5) is 15.2. The van der Waals surface area contributed by atoms with Crippen LogP contribution in [0.15, 0.2) is 47.3 Å². The Morgan fingerprint density at radius 3 is 2.53 bits per heavy atom. The van der Waals surface area contributed by atoms with Gasteiger partial charge < -0.3 is 19.9 Å². The molecule has 1 saturated heterocycles. The largest absolute Gasteiger partial charge is 0.391 e. The Morgan fingerprint density at radius 2 is 1.83 bits per heavy atom. The molecule has 3 aromatic rings. The second-order valence-corrected chi connectivity index (χ2v) is 8.36. The SMILES string of the molecule is CCn1c(=O)c(CNc2ccc(N3CCCC(O)C3)cc2)cc2cc(C)c(C)cc21. The van der Waals surface area contributed by atoms with Crippen molar-refractivity contribution in [2.24, 2.45) is 0 Å². The van der Waals surface area contributed by atoms with E-state index in [1.807, 2.05) is 29.7 Å².